The Hall–Kier alpha value is -2.40. The summed E-state index contributed by atoms with van der Waals surface area (Å²) in [4.78, 5) is 4.68. The van der Waals surface area contributed by atoms with Gasteiger partial charge in [0.05, 0.1) is 16.8 Å². The highest BCUT2D eigenvalue weighted by Crippen LogP contribution is 2.37. The van der Waals surface area contributed by atoms with Crippen molar-refractivity contribution in [1.29, 1.82) is 0 Å². The number of aromatic nitrogens is 3. The molecule has 3 N–H and O–H groups in total. The molecule has 2 aromatic heterocycles. The molecule has 1 aliphatic rings. The maximum atomic E-state index is 9.87. The van der Waals surface area contributed by atoms with Crippen LogP contribution in [0.3, 0.4) is 0 Å². The molecule has 0 atom stereocenters. The van der Waals surface area contributed by atoms with Gasteiger partial charge in [-0.1, -0.05) is 12.1 Å². The molecule has 1 aliphatic carbocycles. The lowest BCUT2D eigenvalue weighted by molar-refractivity contribution is -0.0523. The van der Waals surface area contributed by atoms with Crippen LogP contribution in [-0.2, 0) is 0 Å². The number of aliphatic hydroxyl groups is 1. The van der Waals surface area contributed by atoms with Crippen molar-refractivity contribution in [3.8, 4) is 11.3 Å². The second-order valence-electron chi connectivity index (χ2n) is 7.17. The van der Waals surface area contributed by atoms with Crippen LogP contribution >= 0.6 is 0 Å². The molecule has 0 unspecified atom stereocenters. The summed E-state index contributed by atoms with van der Waals surface area (Å²) in [6.07, 6.45) is 3.49. The summed E-state index contributed by atoms with van der Waals surface area (Å²) in [6, 6.07) is 10.3. The zero-order valence-corrected chi connectivity index (χ0v) is 14.0. The lowest BCUT2D eigenvalue weighted by Gasteiger charge is -2.41. The van der Waals surface area contributed by atoms with Crippen LogP contribution < -0.4 is 5.32 Å². The van der Waals surface area contributed by atoms with Gasteiger partial charge < -0.3 is 10.4 Å². The van der Waals surface area contributed by atoms with E-state index in [0.29, 0.717) is 5.92 Å². The minimum Gasteiger partial charge on any atom is -0.390 e. The van der Waals surface area contributed by atoms with Gasteiger partial charge in [0.15, 0.2) is 0 Å². The minimum atomic E-state index is -0.471. The average Bonchev–Trinajstić information content (AvgIpc) is 3.04. The topological polar surface area (TPSA) is 73.8 Å². The Bertz CT molecular complexity index is 862. The Labute approximate surface area is 141 Å². The Kier molecular flexibility index (Phi) is 3.53. The lowest BCUT2D eigenvalue weighted by Crippen LogP contribution is -2.43. The van der Waals surface area contributed by atoms with Crippen LogP contribution in [0.25, 0.3) is 22.2 Å². The van der Waals surface area contributed by atoms with Gasteiger partial charge in [-0.3, -0.25) is 10.1 Å². The third-order valence-corrected chi connectivity index (χ3v) is 4.79. The third kappa shape index (κ3) is 2.87. The second-order valence-corrected chi connectivity index (χ2v) is 7.17. The summed E-state index contributed by atoms with van der Waals surface area (Å²) in [6.45, 7) is 4.81. The first-order valence-corrected chi connectivity index (χ1v) is 8.38. The van der Waals surface area contributed by atoms with Crippen LogP contribution in [0.2, 0.25) is 0 Å². The van der Waals surface area contributed by atoms with Crippen molar-refractivity contribution in [3.63, 3.8) is 0 Å². The van der Waals surface area contributed by atoms with Gasteiger partial charge in [0.25, 0.3) is 0 Å². The zero-order valence-electron chi connectivity index (χ0n) is 14.0. The number of aryl methyl sites for hydroxylation is 1. The summed E-state index contributed by atoms with van der Waals surface area (Å²) >= 11 is 0. The van der Waals surface area contributed by atoms with Crippen LogP contribution in [0.1, 0.15) is 25.5 Å². The van der Waals surface area contributed by atoms with Crippen molar-refractivity contribution >= 4 is 16.6 Å². The van der Waals surface area contributed by atoms with Gasteiger partial charge in [-0.25, -0.2) is 0 Å². The quantitative estimate of drug-likeness (QED) is 0.687. The van der Waals surface area contributed by atoms with Crippen molar-refractivity contribution in [3.05, 3.63) is 42.2 Å². The van der Waals surface area contributed by atoms with Gasteiger partial charge in [-0.15, -0.1) is 0 Å². The van der Waals surface area contributed by atoms with E-state index in [2.05, 4.69) is 44.8 Å². The Morgan fingerprint density at radius 3 is 2.83 bits per heavy atom. The fourth-order valence-corrected chi connectivity index (χ4v) is 3.67. The van der Waals surface area contributed by atoms with Crippen LogP contribution in [0.15, 0.2) is 36.5 Å². The van der Waals surface area contributed by atoms with Crippen molar-refractivity contribution in [2.45, 2.75) is 32.3 Å². The van der Waals surface area contributed by atoms with E-state index in [1.807, 2.05) is 19.9 Å². The number of nitrogens with zero attached hydrogens (tertiary/aromatic N) is 2. The van der Waals surface area contributed by atoms with Gasteiger partial charge in [-0.2, -0.15) is 5.10 Å². The number of rotatable bonds is 4. The predicted octanol–water partition coefficient (Wildman–Crippen LogP) is 3.51. The molecule has 3 aromatic rings. The average molecular weight is 322 g/mol. The van der Waals surface area contributed by atoms with Crippen LogP contribution in [0.4, 0.5) is 5.69 Å². The van der Waals surface area contributed by atoms with E-state index < -0.39 is 5.60 Å². The molecule has 1 saturated carbocycles. The van der Waals surface area contributed by atoms with Crippen molar-refractivity contribution in [1.82, 2.24) is 15.2 Å². The summed E-state index contributed by atoms with van der Waals surface area (Å²) in [5, 5.41) is 21.5. The van der Waals surface area contributed by atoms with Gasteiger partial charge in [0.2, 0.25) is 0 Å². The number of fused-ring (bicyclic) bond motifs is 1. The van der Waals surface area contributed by atoms with Crippen molar-refractivity contribution in [2.75, 3.05) is 11.9 Å². The molecule has 0 bridgehead atoms. The summed E-state index contributed by atoms with van der Waals surface area (Å²) in [5.41, 5.74) is 4.69. The Morgan fingerprint density at radius 1 is 1.29 bits per heavy atom. The molecule has 0 aliphatic heterocycles. The molecule has 0 radical (unpaired) electrons. The SMILES string of the molecule is Cc1cc(NCC2CC(C)(O)C2)c2ccc(-c3ccn[nH]3)cc2n1. The highest BCUT2D eigenvalue weighted by Gasteiger charge is 2.37. The standard InChI is InChI=1S/C19H22N4O/c1-12-7-17(20-11-13-9-19(2,24)10-13)15-4-3-14(8-18(15)22-12)16-5-6-21-23-16/h3-8,13,24H,9-11H2,1-2H3,(H,20,22)(H,21,23). The molecule has 24 heavy (non-hydrogen) atoms. The van der Waals surface area contributed by atoms with Crippen molar-refractivity contribution in [2.24, 2.45) is 5.92 Å². The predicted molar refractivity (Wildman–Crippen MR) is 95.9 cm³/mol. The largest absolute Gasteiger partial charge is 0.390 e. The molecule has 1 fully saturated rings. The number of nitrogens with one attached hydrogen (secondary N) is 2. The number of aromatic amines is 1. The summed E-state index contributed by atoms with van der Waals surface area (Å²) in [5.74, 6) is 0.535. The van der Waals surface area contributed by atoms with E-state index in [-0.39, 0.29) is 0 Å². The normalized spacial score (nSPS) is 23.2. The van der Waals surface area contributed by atoms with Crippen molar-refractivity contribution < 1.29 is 5.11 Å². The van der Waals surface area contributed by atoms with Gasteiger partial charge in [0, 0.05) is 35.1 Å². The third-order valence-electron chi connectivity index (χ3n) is 4.79. The zero-order chi connectivity index (χ0) is 16.7. The maximum absolute atomic E-state index is 9.87. The highest BCUT2D eigenvalue weighted by atomic mass is 16.3. The minimum absolute atomic E-state index is 0.471. The van der Waals surface area contributed by atoms with Crippen LogP contribution in [0, 0.1) is 12.8 Å². The number of hydrogen-bond donors (Lipinski definition) is 3. The maximum Gasteiger partial charge on any atom is 0.0732 e. The fourth-order valence-electron chi connectivity index (χ4n) is 3.67. The molecule has 0 spiro atoms. The number of benzene rings is 1. The smallest absolute Gasteiger partial charge is 0.0732 e. The van der Waals surface area contributed by atoms with Gasteiger partial charge in [0.1, 0.15) is 0 Å². The first-order chi connectivity index (χ1) is 11.5. The monoisotopic (exact) mass is 322 g/mol. The molecule has 5 heteroatoms. The summed E-state index contributed by atoms with van der Waals surface area (Å²) in [7, 11) is 0. The lowest BCUT2D eigenvalue weighted by atomic mass is 9.72. The number of pyridine rings is 1. The first-order valence-electron chi connectivity index (χ1n) is 8.38. The second kappa shape index (κ2) is 5.60. The van der Waals surface area contributed by atoms with Crippen LogP contribution in [-0.4, -0.2) is 32.4 Å². The van der Waals surface area contributed by atoms with Gasteiger partial charge >= 0.3 is 0 Å². The highest BCUT2D eigenvalue weighted by molar-refractivity contribution is 5.93. The number of hydrogen-bond acceptors (Lipinski definition) is 4. The Balaban J connectivity index is 1.61. The molecule has 1 aromatic carbocycles. The molecular formula is C19H22N4O. The molecule has 0 amide bonds. The van der Waals surface area contributed by atoms with Crippen LogP contribution in [0.5, 0.6) is 0 Å². The van der Waals surface area contributed by atoms with E-state index in [9.17, 15) is 5.11 Å². The first kappa shape index (κ1) is 15.1. The molecular weight excluding hydrogens is 300 g/mol. The van der Waals surface area contributed by atoms with Gasteiger partial charge in [-0.05, 0) is 50.8 Å². The van der Waals surface area contributed by atoms with E-state index in [1.54, 1.807) is 6.20 Å². The summed E-state index contributed by atoms with van der Waals surface area (Å²) < 4.78 is 0. The molecule has 4 rings (SSSR count). The van der Waals surface area contributed by atoms with E-state index in [0.717, 1.165) is 52.9 Å². The van der Waals surface area contributed by atoms with E-state index >= 15 is 0 Å². The molecule has 5 nitrogen and oxygen atoms in total. The Morgan fingerprint density at radius 2 is 2.12 bits per heavy atom. The number of anilines is 1. The number of H-pyrrole nitrogens is 1. The van der Waals surface area contributed by atoms with E-state index in [1.165, 1.54) is 0 Å². The fraction of sp³-hybridized carbons (Fsp3) is 0.368. The van der Waals surface area contributed by atoms with E-state index in [4.69, 9.17) is 0 Å². The molecule has 0 saturated heterocycles. The molecule has 2 heterocycles. The molecule has 124 valence electrons.